The number of esters is 1. The van der Waals surface area contributed by atoms with E-state index in [-0.39, 0.29) is 24.7 Å². The fourth-order valence-corrected chi connectivity index (χ4v) is 3.57. The molecule has 0 spiro atoms. The van der Waals surface area contributed by atoms with Gasteiger partial charge in [0.1, 0.15) is 12.1 Å². The summed E-state index contributed by atoms with van der Waals surface area (Å²) in [5.41, 5.74) is 6.73. The second-order valence-electron chi connectivity index (χ2n) is 8.00. The number of hydrogen-bond donors (Lipinski definition) is 2. The number of aliphatic carboxylic acids is 1. The van der Waals surface area contributed by atoms with Gasteiger partial charge in [0.05, 0.1) is 18.8 Å². The van der Waals surface area contributed by atoms with Crippen LogP contribution in [0.15, 0.2) is 48.5 Å². The SMILES string of the molecule is CCOC(=O)Oc1ccc(C(C(C)C(C)OC(=O)c2ccccc2)[C@@H](N)C(=O)O)cc1OC(=O)OCC. The normalized spacial score (nSPS) is 13.9. The predicted molar refractivity (Wildman–Crippen MR) is 131 cm³/mol. The zero-order chi connectivity index (χ0) is 27.5. The summed E-state index contributed by atoms with van der Waals surface area (Å²) in [7, 11) is 0. The minimum absolute atomic E-state index is 0.0282. The smallest absolute Gasteiger partial charge is 0.480 e. The lowest BCUT2D eigenvalue weighted by molar-refractivity contribution is -0.139. The van der Waals surface area contributed by atoms with Gasteiger partial charge in [-0.1, -0.05) is 31.2 Å². The Morgan fingerprint density at radius 3 is 1.97 bits per heavy atom. The van der Waals surface area contributed by atoms with Crippen LogP contribution in [0.4, 0.5) is 9.59 Å². The minimum Gasteiger partial charge on any atom is -0.480 e. The molecule has 0 saturated heterocycles. The fraction of sp³-hybridized carbons (Fsp3) is 0.385. The Hall–Kier alpha value is -4.12. The van der Waals surface area contributed by atoms with Gasteiger partial charge < -0.3 is 34.5 Å². The Labute approximate surface area is 214 Å². The van der Waals surface area contributed by atoms with Crippen molar-refractivity contribution >= 4 is 24.2 Å². The number of carbonyl (C=O) groups excluding carboxylic acids is 3. The lowest BCUT2D eigenvalue weighted by Gasteiger charge is -2.31. The highest BCUT2D eigenvalue weighted by atomic mass is 16.7. The third-order valence-electron chi connectivity index (χ3n) is 5.54. The molecular weight excluding hydrogens is 486 g/mol. The van der Waals surface area contributed by atoms with Crippen LogP contribution in [-0.2, 0) is 19.0 Å². The topological polar surface area (TPSA) is 161 Å². The number of carboxylic acid groups (broad SMARTS) is 1. The van der Waals surface area contributed by atoms with Gasteiger partial charge in [-0.25, -0.2) is 14.4 Å². The Morgan fingerprint density at radius 1 is 0.865 bits per heavy atom. The molecule has 0 aliphatic heterocycles. The average molecular weight is 518 g/mol. The van der Waals surface area contributed by atoms with Crippen LogP contribution in [0.2, 0.25) is 0 Å². The fourth-order valence-electron chi connectivity index (χ4n) is 3.57. The van der Waals surface area contributed by atoms with Gasteiger partial charge in [0.15, 0.2) is 11.5 Å². The van der Waals surface area contributed by atoms with Crippen LogP contribution < -0.4 is 15.2 Å². The van der Waals surface area contributed by atoms with Crippen LogP contribution in [0, 0.1) is 5.92 Å². The lowest BCUT2D eigenvalue weighted by Crippen LogP contribution is -2.42. The Morgan fingerprint density at radius 2 is 1.43 bits per heavy atom. The summed E-state index contributed by atoms with van der Waals surface area (Å²) in [6.45, 7) is 6.56. The molecule has 2 aromatic rings. The van der Waals surface area contributed by atoms with Crippen molar-refractivity contribution in [2.45, 2.75) is 45.8 Å². The van der Waals surface area contributed by atoms with Crippen molar-refractivity contribution in [3.8, 4) is 11.5 Å². The zero-order valence-electron chi connectivity index (χ0n) is 21.0. The Bertz CT molecular complexity index is 1090. The van der Waals surface area contributed by atoms with E-state index in [4.69, 9.17) is 29.4 Å². The summed E-state index contributed by atoms with van der Waals surface area (Å²) in [4.78, 5) is 48.3. The molecule has 0 radical (unpaired) electrons. The van der Waals surface area contributed by atoms with E-state index in [1.807, 2.05) is 0 Å². The second-order valence-corrected chi connectivity index (χ2v) is 8.00. The zero-order valence-corrected chi connectivity index (χ0v) is 21.0. The third kappa shape index (κ3) is 8.21. The van der Waals surface area contributed by atoms with E-state index in [0.717, 1.165) is 0 Å². The van der Waals surface area contributed by atoms with Crippen molar-refractivity contribution in [1.29, 1.82) is 0 Å². The number of benzene rings is 2. The third-order valence-corrected chi connectivity index (χ3v) is 5.54. The molecule has 37 heavy (non-hydrogen) atoms. The maximum absolute atomic E-state index is 12.6. The summed E-state index contributed by atoms with van der Waals surface area (Å²) in [6, 6.07) is 11.0. The lowest BCUT2D eigenvalue weighted by atomic mass is 9.79. The van der Waals surface area contributed by atoms with Gasteiger partial charge >= 0.3 is 24.2 Å². The quantitative estimate of drug-likeness (QED) is 0.250. The van der Waals surface area contributed by atoms with E-state index in [9.17, 15) is 24.3 Å². The van der Waals surface area contributed by atoms with E-state index in [1.54, 1.807) is 58.0 Å². The molecule has 0 aliphatic carbocycles. The highest BCUT2D eigenvalue weighted by Gasteiger charge is 2.36. The molecule has 0 bridgehead atoms. The number of rotatable bonds is 11. The van der Waals surface area contributed by atoms with Crippen molar-refractivity contribution in [3.05, 3.63) is 59.7 Å². The van der Waals surface area contributed by atoms with E-state index < -0.39 is 48.2 Å². The van der Waals surface area contributed by atoms with Crippen molar-refractivity contribution in [2.75, 3.05) is 13.2 Å². The van der Waals surface area contributed by atoms with Gasteiger partial charge in [-0.05, 0) is 50.6 Å². The maximum Gasteiger partial charge on any atom is 0.513 e. The van der Waals surface area contributed by atoms with Gasteiger partial charge in [-0.15, -0.1) is 0 Å². The first kappa shape index (κ1) is 29.1. The van der Waals surface area contributed by atoms with Crippen LogP contribution in [0.25, 0.3) is 0 Å². The second kappa shape index (κ2) is 13.8. The number of carboxylic acids is 1. The molecule has 11 nitrogen and oxygen atoms in total. The summed E-state index contributed by atoms with van der Waals surface area (Å²) in [6.07, 6.45) is -2.85. The first-order chi connectivity index (χ1) is 17.6. The van der Waals surface area contributed by atoms with Gasteiger partial charge in [-0.2, -0.15) is 0 Å². The van der Waals surface area contributed by atoms with Gasteiger partial charge in [0.2, 0.25) is 0 Å². The Balaban J connectivity index is 2.42. The highest BCUT2D eigenvalue weighted by Crippen LogP contribution is 2.37. The van der Waals surface area contributed by atoms with Crippen LogP contribution in [0.1, 0.15) is 49.5 Å². The number of nitrogens with two attached hydrogens (primary N) is 1. The first-order valence-corrected chi connectivity index (χ1v) is 11.7. The van der Waals surface area contributed by atoms with Crippen LogP contribution in [0.3, 0.4) is 0 Å². The molecule has 0 fully saturated rings. The monoisotopic (exact) mass is 517 g/mol. The number of ether oxygens (including phenoxy) is 5. The molecule has 2 aromatic carbocycles. The van der Waals surface area contributed by atoms with Gasteiger partial charge in [0, 0.05) is 11.8 Å². The summed E-state index contributed by atoms with van der Waals surface area (Å²) >= 11 is 0. The summed E-state index contributed by atoms with van der Waals surface area (Å²) in [5.74, 6) is -3.75. The van der Waals surface area contributed by atoms with Crippen molar-refractivity contribution < 1.29 is 48.0 Å². The number of carbonyl (C=O) groups is 4. The molecule has 200 valence electrons. The van der Waals surface area contributed by atoms with E-state index in [2.05, 4.69) is 0 Å². The molecule has 0 aromatic heterocycles. The van der Waals surface area contributed by atoms with Crippen LogP contribution in [-0.4, -0.2) is 54.7 Å². The van der Waals surface area contributed by atoms with Crippen molar-refractivity contribution in [3.63, 3.8) is 0 Å². The predicted octanol–water partition coefficient (Wildman–Crippen LogP) is 4.13. The Kier molecular flexibility index (Phi) is 10.9. The molecule has 3 unspecified atom stereocenters. The molecule has 0 amide bonds. The molecular formula is C26H31NO10. The van der Waals surface area contributed by atoms with Crippen molar-refractivity contribution in [2.24, 2.45) is 11.7 Å². The summed E-state index contributed by atoms with van der Waals surface area (Å²) in [5, 5.41) is 9.70. The molecule has 11 heteroatoms. The van der Waals surface area contributed by atoms with Crippen LogP contribution >= 0.6 is 0 Å². The molecule has 2 rings (SSSR count). The first-order valence-electron chi connectivity index (χ1n) is 11.7. The highest BCUT2D eigenvalue weighted by molar-refractivity contribution is 5.89. The van der Waals surface area contributed by atoms with Crippen LogP contribution in [0.5, 0.6) is 11.5 Å². The molecule has 4 atom stereocenters. The molecule has 0 aliphatic rings. The largest absolute Gasteiger partial charge is 0.513 e. The number of hydrogen-bond acceptors (Lipinski definition) is 10. The molecule has 3 N–H and O–H groups in total. The minimum atomic E-state index is -1.42. The van der Waals surface area contributed by atoms with Gasteiger partial charge in [0.25, 0.3) is 0 Å². The summed E-state index contributed by atoms with van der Waals surface area (Å²) < 4.78 is 25.4. The average Bonchev–Trinajstić information content (AvgIpc) is 2.86. The molecule has 0 heterocycles. The van der Waals surface area contributed by atoms with E-state index in [0.29, 0.717) is 11.1 Å². The van der Waals surface area contributed by atoms with Crippen molar-refractivity contribution in [1.82, 2.24) is 0 Å². The van der Waals surface area contributed by atoms with E-state index in [1.165, 1.54) is 18.2 Å². The van der Waals surface area contributed by atoms with Gasteiger partial charge in [-0.3, -0.25) is 4.79 Å². The van der Waals surface area contributed by atoms with E-state index >= 15 is 0 Å². The standard InChI is InChI=1S/C26H31NO10/c1-5-33-25(31)36-19-13-12-18(14-20(19)37-26(32)34-6-2)21(22(27)23(28)29)15(3)16(4)35-24(30)17-10-8-7-9-11-17/h7-16,21-22H,5-6,27H2,1-4H3,(H,28,29)/t15?,16?,21?,22-/m1/s1. The molecule has 0 saturated carbocycles. The maximum atomic E-state index is 12.6.